The normalized spacial score (nSPS) is 17.0. The lowest BCUT2D eigenvalue weighted by atomic mass is 10.1. The van der Waals surface area contributed by atoms with Crippen molar-refractivity contribution < 1.29 is 27.9 Å². The van der Waals surface area contributed by atoms with E-state index in [-0.39, 0.29) is 5.91 Å². The fourth-order valence-electron chi connectivity index (χ4n) is 3.05. The number of hydrogen-bond donors (Lipinski definition) is 2. The van der Waals surface area contributed by atoms with Gasteiger partial charge in [0.2, 0.25) is 0 Å². The number of aromatic nitrogens is 2. The second-order valence-electron chi connectivity index (χ2n) is 7.22. The van der Waals surface area contributed by atoms with Gasteiger partial charge in [0.05, 0.1) is 5.69 Å². The number of likely N-dealkylation sites (tertiary alicyclic amines) is 1. The number of carboxylic acid groups (broad SMARTS) is 1. The smallest absolute Gasteiger partial charge is 0.475 e. The van der Waals surface area contributed by atoms with Crippen LogP contribution in [0.15, 0.2) is 0 Å². The van der Waals surface area contributed by atoms with Crippen LogP contribution in [-0.4, -0.2) is 62.8 Å². The summed E-state index contributed by atoms with van der Waals surface area (Å²) in [5.41, 5.74) is 2.93. The van der Waals surface area contributed by atoms with Crippen molar-refractivity contribution in [2.45, 2.75) is 52.4 Å². The van der Waals surface area contributed by atoms with E-state index in [0.29, 0.717) is 5.69 Å². The molecule has 152 valence electrons. The van der Waals surface area contributed by atoms with Crippen LogP contribution in [0.1, 0.15) is 54.9 Å². The maximum Gasteiger partial charge on any atom is 0.490 e. The predicted molar refractivity (Wildman–Crippen MR) is 91.0 cm³/mol. The Labute approximate surface area is 155 Å². The Kier molecular flexibility index (Phi) is 6.85. The Morgan fingerprint density at radius 2 is 1.81 bits per heavy atom. The zero-order chi connectivity index (χ0) is 20.2. The van der Waals surface area contributed by atoms with E-state index in [1.165, 1.54) is 6.42 Å². The third-order valence-electron chi connectivity index (χ3n) is 4.58. The van der Waals surface area contributed by atoms with Crippen LogP contribution in [0.3, 0.4) is 0 Å². The molecule has 0 saturated carbocycles. The zero-order valence-corrected chi connectivity index (χ0v) is 15.5. The highest BCUT2D eigenvalue weighted by molar-refractivity contribution is 5.94. The summed E-state index contributed by atoms with van der Waals surface area (Å²) in [6.45, 7) is 9.14. The zero-order valence-electron chi connectivity index (χ0n) is 15.5. The number of rotatable bonds is 4. The van der Waals surface area contributed by atoms with E-state index in [2.05, 4.69) is 28.9 Å². The number of hydrogen-bond acceptors (Lipinski definition) is 4. The van der Waals surface area contributed by atoms with Gasteiger partial charge in [-0.25, -0.2) is 4.79 Å². The summed E-state index contributed by atoms with van der Waals surface area (Å²) < 4.78 is 31.7. The van der Waals surface area contributed by atoms with Crippen molar-refractivity contribution in [2.75, 3.05) is 19.6 Å². The van der Waals surface area contributed by atoms with Gasteiger partial charge in [0.25, 0.3) is 5.91 Å². The second kappa shape index (κ2) is 8.73. The minimum atomic E-state index is -5.08. The van der Waals surface area contributed by atoms with Gasteiger partial charge in [-0.05, 0) is 31.7 Å². The number of nitrogens with zero attached hydrogens (tertiary/aromatic N) is 3. The molecule has 0 bridgehead atoms. The summed E-state index contributed by atoms with van der Waals surface area (Å²) >= 11 is 0. The molecule has 0 unspecified atom stereocenters. The maximum atomic E-state index is 12.5. The van der Waals surface area contributed by atoms with Crippen LogP contribution in [0.4, 0.5) is 13.2 Å². The maximum absolute atomic E-state index is 12.5. The third kappa shape index (κ3) is 5.69. The molecule has 0 aromatic carbocycles. The predicted octanol–water partition coefficient (Wildman–Crippen LogP) is 2.64. The summed E-state index contributed by atoms with van der Waals surface area (Å²) in [7, 11) is 0. The minimum absolute atomic E-state index is 0.116. The van der Waals surface area contributed by atoms with Crippen molar-refractivity contribution in [3.05, 3.63) is 17.0 Å². The first kappa shape index (κ1) is 21.2. The van der Waals surface area contributed by atoms with Crippen LogP contribution in [0, 0.1) is 5.92 Å². The topological polar surface area (TPSA) is 89.5 Å². The minimum Gasteiger partial charge on any atom is -0.475 e. The largest absolute Gasteiger partial charge is 0.490 e. The van der Waals surface area contributed by atoms with Gasteiger partial charge in [-0.2, -0.15) is 18.3 Å². The van der Waals surface area contributed by atoms with Gasteiger partial charge < -0.3 is 10.0 Å². The van der Waals surface area contributed by atoms with Gasteiger partial charge >= 0.3 is 12.1 Å². The van der Waals surface area contributed by atoms with E-state index >= 15 is 0 Å². The number of H-pyrrole nitrogens is 1. The number of nitrogens with one attached hydrogen (secondary N) is 1. The number of alkyl halides is 3. The van der Waals surface area contributed by atoms with Gasteiger partial charge in [0, 0.05) is 31.7 Å². The van der Waals surface area contributed by atoms with Crippen molar-refractivity contribution >= 4 is 11.9 Å². The molecule has 7 nitrogen and oxygen atoms in total. The number of carbonyl (C=O) groups is 2. The van der Waals surface area contributed by atoms with Gasteiger partial charge in [-0.1, -0.05) is 13.8 Å². The molecule has 0 aliphatic carbocycles. The number of halogens is 3. The number of carboxylic acids is 1. The van der Waals surface area contributed by atoms with E-state index < -0.39 is 12.1 Å². The molecule has 1 aromatic heterocycles. The summed E-state index contributed by atoms with van der Waals surface area (Å²) in [6, 6.07) is 0. The quantitative estimate of drug-likeness (QED) is 0.825. The SMILES string of the molecule is CC(C)CCN1Cc2[nH]nc(C(=O)N3CCCC3)c2C1.O=C(O)C(F)(F)F. The number of carbonyl (C=O) groups excluding carboxylic acids is 1. The fourth-order valence-corrected chi connectivity index (χ4v) is 3.05. The molecule has 0 atom stereocenters. The summed E-state index contributed by atoms with van der Waals surface area (Å²) in [4.78, 5) is 25.7. The van der Waals surface area contributed by atoms with Crippen LogP contribution >= 0.6 is 0 Å². The van der Waals surface area contributed by atoms with Gasteiger partial charge in [-0.3, -0.25) is 14.8 Å². The first-order chi connectivity index (χ1) is 12.6. The lowest BCUT2D eigenvalue weighted by Gasteiger charge is -2.17. The summed E-state index contributed by atoms with van der Waals surface area (Å²) in [6.07, 6.45) is -1.63. The fraction of sp³-hybridized carbons (Fsp3) is 0.706. The monoisotopic (exact) mass is 390 g/mol. The van der Waals surface area contributed by atoms with Crippen LogP contribution in [0.25, 0.3) is 0 Å². The highest BCUT2D eigenvalue weighted by Gasteiger charge is 2.38. The van der Waals surface area contributed by atoms with Crippen molar-refractivity contribution in [1.82, 2.24) is 20.0 Å². The third-order valence-corrected chi connectivity index (χ3v) is 4.58. The molecule has 2 N–H and O–H groups in total. The number of aromatic amines is 1. The summed E-state index contributed by atoms with van der Waals surface area (Å²) in [5, 5.41) is 14.5. The molecular weight excluding hydrogens is 365 g/mol. The highest BCUT2D eigenvalue weighted by atomic mass is 19.4. The number of aliphatic carboxylic acids is 1. The van der Waals surface area contributed by atoms with Crippen LogP contribution in [0.5, 0.6) is 0 Å². The van der Waals surface area contributed by atoms with Gasteiger partial charge in [-0.15, -0.1) is 0 Å². The highest BCUT2D eigenvalue weighted by Crippen LogP contribution is 2.26. The van der Waals surface area contributed by atoms with E-state index in [1.54, 1.807) is 0 Å². The Hall–Kier alpha value is -2.10. The molecular formula is C17H25F3N4O3. The molecule has 0 radical (unpaired) electrons. The van der Waals surface area contributed by atoms with E-state index in [1.807, 2.05) is 4.90 Å². The lowest BCUT2D eigenvalue weighted by molar-refractivity contribution is -0.192. The van der Waals surface area contributed by atoms with Crippen LogP contribution < -0.4 is 0 Å². The van der Waals surface area contributed by atoms with Crippen LogP contribution in [0.2, 0.25) is 0 Å². The molecule has 0 spiro atoms. The van der Waals surface area contributed by atoms with Gasteiger partial charge in [0.1, 0.15) is 0 Å². The molecule has 2 aliphatic rings. The molecule has 3 rings (SSSR count). The second-order valence-corrected chi connectivity index (χ2v) is 7.22. The standard InChI is InChI=1S/C15H24N4O.C2HF3O2/c1-11(2)5-8-18-9-12-13(10-18)16-17-14(12)15(20)19-6-3-4-7-19;3-2(4,5)1(6)7/h11H,3-10H2,1-2H3,(H,16,17);(H,6,7). The average molecular weight is 390 g/mol. The average Bonchev–Trinajstić information content (AvgIpc) is 3.28. The Morgan fingerprint density at radius 1 is 1.22 bits per heavy atom. The van der Waals surface area contributed by atoms with Crippen molar-refractivity contribution in [3.8, 4) is 0 Å². The molecule has 1 fully saturated rings. The van der Waals surface area contributed by atoms with E-state index in [9.17, 15) is 18.0 Å². The number of amides is 1. The summed E-state index contributed by atoms with van der Waals surface area (Å²) in [5.74, 6) is -1.92. The molecule has 10 heteroatoms. The number of fused-ring (bicyclic) bond motifs is 1. The first-order valence-corrected chi connectivity index (χ1v) is 8.97. The van der Waals surface area contributed by atoms with Crippen molar-refractivity contribution in [3.63, 3.8) is 0 Å². The lowest BCUT2D eigenvalue weighted by Crippen LogP contribution is -2.29. The van der Waals surface area contributed by atoms with Crippen molar-refractivity contribution in [1.29, 1.82) is 0 Å². The Morgan fingerprint density at radius 3 is 2.33 bits per heavy atom. The van der Waals surface area contributed by atoms with Crippen LogP contribution in [-0.2, 0) is 17.9 Å². The Balaban J connectivity index is 0.000000321. The van der Waals surface area contributed by atoms with E-state index in [0.717, 1.165) is 62.7 Å². The van der Waals surface area contributed by atoms with Crippen molar-refractivity contribution in [2.24, 2.45) is 5.92 Å². The van der Waals surface area contributed by atoms with Gasteiger partial charge in [0.15, 0.2) is 5.69 Å². The molecule has 1 saturated heterocycles. The molecule has 27 heavy (non-hydrogen) atoms. The Bertz CT molecular complexity index is 667. The molecule has 3 heterocycles. The molecule has 1 aromatic rings. The molecule has 1 amide bonds. The first-order valence-electron chi connectivity index (χ1n) is 8.97. The molecule has 2 aliphatic heterocycles. The van der Waals surface area contributed by atoms with E-state index in [4.69, 9.17) is 9.90 Å².